The summed E-state index contributed by atoms with van der Waals surface area (Å²) in [5.41, 5.74) is -0.329. The molecule has 1 aliphatic heterocycles. The zero-order chi connectivity index (χ0) is 28.2. The lowest BCUT2D eigenvalue weighted by Crippen LogP contribution is -2.47. The van der Waals surface area contributed by atoms with Crippen LogP contribution >= 0.6 is 0 Å². The Bertz CT molecular complexity index is 1090. The van der Waals surface area contributed by atoms with Crippen molar-refractivity contribution in [3.63, 3.8) is 0 Å². The molecule has 2 aliphatic carbocycles. The van der Waals surface area contributed by atoms with Crippen molar-refractivity contribution in [2.24, 2.45) is 17.3 Å². The molecule has 1 saturated carbocycles. The predicted octanol–water partition coefficient (Wildman–Crippen LogP) is 2.55. The van der Waals surface area contributed by atoms with Crippen molar-refractivity contribution in [3.8, 4) is 0 Å². The molecule has 0 radical (unpaired) electrons. The molecule has 9 nitrogen and oxygen atoms in total. The Hall–Kier alpha value is -3.17. The molecule has 9 heteroatoms. The first-order valence-electron chi connectivity index (χ1n) is 12.9. The van der Waals surface area contributed by atoms with Crippen molar-refractivity contribution in [2.75, 3.05) is 33.4 Å². The third-order valence-corrected chi connectivity index (χ3v) is 7.83. The van der Waals surface area contributed by atoms with Gasteiger partial charge in [0, 0.05) is 75.4 Å². The quantitative estimate of drug-likeness (QED) is 0.253. The summed E-state index contributed by atoms with van der Waals surface area (Å²) in [5, 5.41) is 0. The van der Waals surface area contributed by atoms with Crippen LogP contribution in [-0.4, -0.2) is 79.7 Å². The molecule has 0 N–H and O–H groups in total. The van der Waals surface area contributed by atoms with Crippen molar-refractivity contribution < 1.29 is 38.2 Å². The maximum absolute atomic E-state index is 13.9. The molecule has 0 amide bonds. The molecule has 0 aromatic rings. The number of hydrogen-bond donors (Lipinski definition) is 0. The van der Waals surface area contributed by atoms with Crippen molar-refractivity contribution in [2.45, 2.75) is 52.2 Å². The average Bonchev–Trinajstić information content (AvgIpc) is 3.14. The highest BCUT2D eigenvalue weighted by Crippen LogP contribution is 2.54. The molecule has 0 saturated heterocycles. The monoisotopic (exact) mass is 527 g/mol. The van der Waals surface area contributed by atoms with E-state index >= 15 is 0 Å². The van der Waals surface area contributed by atoms with Crippen LogP contribution in [0.1, 0.15) is 40.0 Å². The van der Waals surface area contributed by atoms with Crippen LogP contribution < -0.4 is 0 Å². The van der Waals surface area contributed by atoms with E-state index in [0.29, 0.717) is 25.1 Å². The van der Waals surface area contributed by atoms with E-state index in [2.05, 4.69) is 13.2 Å². The minimum atomic E-state index is -0.955. The number of nitrogens with zero attached hydrogens (tertiary/aromatic N) is 1. The van der Waals surface area contributed by atoms with E-state index in [4.69, 9.17) is 14.2 Å². The highest BCUT2D eigenvalue weighted by atomic mass is 16.6. The molecule has 5 atom stereocenters. The average molecular weight is 528 g/mol. The summed E-state index contributed by atoms with van der Waals surface area (Å²) < 4.78 is 16.9. The second-order valence-electron chi connectivity index (χ2n) is 10.4. The minimum Gasteiger partial charge on any atom is -0.458 e. The molecule has 0 aromatic heterocycles. The maximum atomic E-state index is 13.9. The predicted molar refractivity (Wildman–Crippen MR) is 139 cm³/mol. The van der Waals surface area contributed by atoms with Crippen LogP contribution in [0.2, 0.25) is 0 Å². The molecule has 206 valence electrons. The van der Waals surface area contributed by atoms with Gasteiger partial charge in [-0.2, -0.15) is 0 Å². The molecule has 0 spiro atoms. The topological polar surface area (TPSA) is 116 Å². The minimum absolute atomic E-state index is 0.00971. The van der Waals surface area contributed by atoms with Crippen LogP contribution in [0.3, 0.4) is 0 Å². The number of ketones is 3. The maximum Gasteiger partial charge on any atom is 0.335 e. The molecule has 1 fully saturated rings. The lowest BCUT2D eigenvalue weighted by molar-refractivity contribution is -0.154. The van der Waals surface area contributed by atoms with Crippen LogP contribution in [-0.2, 0) is 38.2 Å². The molecule has 38 heavy (non-hydrogen) atoms. The molecule has 5 unspecified atom stereocenters. The van der Waals surface area contributed by atoms with Gasteiger partial charge in [0.1, 0.15) is 18.0 Å². The number of rotatable bonds is 9. The summed E-state index contributed by atoms with van der Waals surface area (Å²) in [7, 11) is 1.47. The van der Waals surface area contributed by atoms with Gasteiger partial charge in [0.2, 0.25) is 11.6 Å². The molecule has 1 heterocycles. The fraction of sp³-hybridized carbons (Fsp3) is 0.552. The lowest BCUT2D eigenvalue weighted by Gasteiger charge is -2.44. The Kier molecular flexibility index (Phi) is 9.38. The number of hydrogen-bond acceptors (Lipinski definition) is 9. The first kappa shape index (κ1) is 29.4. The van der Waals surface area contributed by atoms with Gasteiger partial charge in [0.25, 0.3) is 0 Å². The number of carbonyl (C=O) groups excluding carboxylic acids is 5. The number of fused-ring (bicyclic) bond motifs is 2. The summed E-state index contributed by atoms with van der Waals surface area (Å²) in [6, 6.07) is 0. The van der Waals surface area contributed by atoms with Crippen molar-refractivity contribution in [3.05, 3.63) is 48.1 Å². The Morgan fingerprint density at radius 1 is 1.21 bits per heavy atom. The number of cyclic esters (lactones) is 1. The summed E-state index contributed by atoms with van der Waals surface area (Å²) >= 11 is 0. The number of methoxy groups -OCH3 is 1. The third kappa shape index (κ3) is 5.78. The Balaban J connectivity index is 2.21. The van der Waals surface area contributed by atoms with Gasteiger partial charge < -0.3 is 14.2 Å². The van der Waals surface area contributed by atoms with Crippen molar-refractivity contribution in [1.82, 2.24) is 4.90 Å². The molecular weight excluding hydrogens is 490 g/mol. The van der Waals surface area contributed by atoms with E-state index in [9.17, 15) is 24.0 Å². The summed E-state index contributed by atoms with van der Waals surface area (Å²) in [4.78, 5) is 67.5. The summed E-state index contributed by atoms with van der Waals surface area (Å²) in [6.45, 7) is 13.1. The van der Waals surface area contributed by atoms with Gasteiger partial charge in [0.15, 0.2) is 0 Å². The molecular formula is C29H37NO8. The van der Waals surface area contributed by atoms with E-state index in [0.717, 1.165) is 6.08 Å². The number of esters is 2. The van der Waals surface area contributed by atoms with Gasteiger partial charge in [-0.05, 0) is 12.0 Å². The zero-order valence-electron chi connectivity index (χ0n) is 22.6. The normalized spacial score (nSPS) is 31.2. The smallest absolute Gasteiger partial charge is 0.335 e. The van der Waals surface area contributed by atoms with Crippen LogP contribution in [0, 0.1) is 17.3 Å². The van der Waals surface area contributed by atoms with Crippen LogP contribution in [0.5, 0.6) is 0 Å². The van der Waals surface area contributed by atoms with Gasteiger partial charge in [0.05, 0.1) is 12.2 Å². The first-order valence-corrected chi connectivity index (χ1v) is 12.9. The van der Waals surface area contributed by atoms with Gasteiger partial charge in [-0.15, -0.1) is 13.2 Å². The Labute approximate surface area is 223 Å². The van der Waals surface area contributed by atoms with Crippen LogP contribution in [0.15, 0.2) is 48.1 Å². The molecule has 3 rings (SSSR count). The SMILES string of the molecule is C=CCN(CC=C)C/C1=C\C(=O)C(=O)C2=C(C(OC(C)=O)CC3(C)C(=O)CCC23)C(C)C(COC)OC1=O. The standard InChI is InChI=1S/C29H37NO8/c1-7-11-30(12-8-2)15-19-13-21(32)27(34)26-20-9-10-24(33)29(20,5)14-22(37-18(4)31)25(26)17(3)23(16-36-6)38-28(19)35/h7-8,13,17,20,22-23H,1-2,9-12,14-16H2,3-6H3/b19-13+. The van der Waals surface area contributed by atoms with Crippen molar-refractivity contribution >= 4 is 29.3 Å². The number of carbonyl (C=O) groups is 5. The number of Topliss-reactive ketones (excluding diaryl/α,β-unsaturated/α-hetero) is 2. The highest BCUT2D eigenvalue weighted by molar-refractivity contribution is 6.48. The molecule has 3 aliphatic rings. The Morgan fingerprint density at radius 3 is 2.45 bits per heavy atom. The summed E-state index contributed by atoms with van der Waals surface area (Å²) in [5.74, 6) is -4.18. The molecule has 0 bridgehead atoms. The van der Waals surface area contributed by atoms with Crippen molar-refractivity contribution in [1.29, 1.82) is 0 Å². The molecule has 0 aromatic carbocycles. The fourth-order valence-corrected chi connectivity index (χ4v) is 5.99. The highest BCUT2D eigenvalue weighted by Gasteiger charge is 2.56. The van der Waals surface area contributed by atoms with Gasteiger partial charge >= 0.3 is 11.9 Å². The van der Waals surface area contributed by atoms with Crippen LogP contribution in [0.4, 0.5) is 0 Å². The Morgan fingerprint density at radius 2 is 1.87 bits per heavy atom. The number of ether oxygens (including phenoxy) is 3. The van der Waals surface area contributed by atoms with Crippen LogP contribution in [0.25, 0.3) is 0 Å². The first-order chi connectivity index (χ1) is 18.0. The second kappa shape index (κ2) is 12.1. The fourth-order valence-electron chi connectivity index (χ4n) is 5.99. The van der Waals surface area contributed by atoms with Gasteiger partial charge in [-0.25, -0.2) is 4.79 Å². The number of allylic oxidation sites excluding steroid dienone is 2. The summed E-state index contributed by atoms with van der Waals surface area (Å²) in [6.07, 6.45) is 3.43. The van der Waals surface area contributed by atoms with E-state index in [-0.39, 0.29) is 42.9 Å². The largest absolute Gasteiger partial charge is 0.458 e. The lowest BCUT2D eigenvalue weighted by atomic mass is 9.62. The van der Waals surface area contributed by atoms with E-state index < -0.39 is 53.0 Å². The van der Waals surface area contributed by atoms with E-state index in [1.54, 1.807) is 26.0 Å². The van der Waals surface area contributed by atoms with E-state index in [1.807, 2.05) is 4.90 Å². The zero-order valence-corrected chi connectivity index (χ0v) is 22.6. The van der Waals surface area contributed by atoms with Gasteiger partial charge in [-0.3, -0.25) is 24.1 Å². The van der Waals surface area contributed by atoms with E-state index in [1.165, 1.54) is 14.0 Å². The van der Waals surface area contributed by atoms with Gasteiger partial charge in [-0.1, -0.05) is 26.0 Å². The third-order valence-electron chi connectivity index (χ3n) is 7.83. The second-order valence-corrected chi connectivity index (χ2v) is 10.4.